The first-order chi connectivity index (χ1) is 5.20. The molecule has 0 aliphatic carbocycles. The number of nitrogens with one attached hydrogen (secondary N) is 1. The Kier molecular flexibility index (Phi) is 1.19. The van der Waals surface area contributed by atoms with Crippen LogP contribution < -0.4 is 10.1 Å². The molecule has 1 aliphatic heterocycles. The largest absolute Gasteiger partial charge is 0.208 e. The van der Waals surface area contributed by atoms with Crippen LogP contribution in [0.15, 0.2) is 24.3 Å². The van der Waals surface area contributed by atoms with E-state index in [0.717, 1.165) is 11.4 Å². The van der Waals surface area contributed by atoms with E-state index in [-0.39, 0.29) is 0 Å². The van der Waals surface area contributed by atoms with Crippen LogP contribution in [0.25, 0.3) is 0 Å². The first-order valence-electron chi connectivity index (χ1n) is 3.58. The lowest BCUT2D eigenvalue weighted by Gasteiger charge is -2.16. The van der Waals surface area contributed by atoms with Crippen molar-refractivity contribution in [2.75, 3.05) is 19.6 Å². The Morgan fingerprint density at radius 3 is 2.73 bits per heavy atom. The molecule has 0 spiro atoms. The van der Waals surface area contributed by atoms with Gasteiger partial charge in [-0.2, -0.15) is 0 Å². The summed E-state index contributed by atoms with van der Waals surface area (Å²) >= 11 is 0. The lowest BCUT2D eigenvalue weighted by Crippen LogP contribution is -2.37. The fourth-order valence-electron chi connectivity index (χ4n) is 1.24. The minimum atomic E-state index is 0.441. The van der Waals surface area contributed by atoms with Gasteiger partial charge in [0.15, 0.2) is 5.69 Å². The number of benzene rings is 1. The molecular formula is C8H11N2O+. The second kappa shape index (κ2) is 1.96. The third kappa shape index (κ3) is 0.895. The normalized spacial score (nSPS) is 19.1. The molecule has 0 fully saturated rings. The number of para-hydroxylation sites is 2. The molecular weight excluding hydrogens is 140 g/mol. The molecule has 0 saturated carbocycles. The third-order valence-corrected chi connectivity index (χ3v) is 1.87. The van der Waals surface area contributed by atoms with Crippen LogP contribution >= 0.6 is 0 Å². The highest BCUT2D eigenvalue weighted by Crippen LogP contribution is 2.34. The van der Waals surface area contributed by atoms with Gasteiger partial charge in [0.1, 0.15) is 19.8 Å². The van der Waals surface area contributed by atoms with Crippen molar-refractivity contribution in [3.8, 4) is 0 Å². The number of anilines is 1. The van der Waals surface area contributed by atoms with E-state index in [2.05, 4.69) is 11.5 Å². The lowest BCUT2D eigenvalue weighted by atomic mass is 10.2. The minimum absolute atomic E-state index is 0.441. The van der Waals surface area contributed by atoms with E-state index in [1.807, 2.05) is 32.3 Å². The predicted molar refractivity (Wildman–Crippen MR) is 44.8 cm³/mol. The van der Waals surface area contributed by atoms with Crippen LogP contribution in [-0.2, 0) is 4.94 Å². The number of hydrogen-bond acceptors (Lipinski definition) is 2. The van der Waals surface area contributed by atoms with Gasteiger partial charge >= 0.3 is 0 Å². The summed E-state index contributed by atoms with van der Waals surface area (Å²) in [6.45, 7) is 0. The number of nitrogens with zero attached hydrogens (tertiary/aromatic N) is 1. The van der Waals surface area contributed by atoms with E-state index < -0.39 is 0 Å². The van der Waals surface area contributed by atoms with Crippen molar-refractivity contribution in [2.24, 2.45) is 0 Å². The molecule has 0 aromatic heterocycles. The maximum absolute atomic E-state index is 5.30. The first-order valence-corrected chi connectivity index (χ1v) is 3.58. The summed E-state index contributed by atoms with van der Waals surface area (Å²) in [4.78, 5) is 5.30. The lowest BCUT2D eigenvalue weighted by molar-refractivity contribution is -0.0608. The Morgan fingerprint density at radius 2 is 2.00 bits per heavy atom. The quantitative estimate of drug-likeness (QED) is 0.568. The zero-order valence-electron chi connectivity index (χ0n) is 6.66. The highest BCUT2D eigenvalue weighted by atomic mass is 16.8. The third-order valence-electron chi connectivity index (χ3n) is 1.87. The average molecular weight is 151 g/mol. The van der Waals surface area contributed by atoms with Gasteiger partial charge in [0.25, 0.3) is 0 Å². The van der Waals surface area contributed by atoms with Crippen molar-refractivity contribution in [3.63, 3.8) is 0 Å². The maximum atomic E-state index is 5.30. The number of quaternary nitrogens is 1. The van der Waals surface area contributed by atoms with Gasteiger partial charge in [0.2, 0.25) is 0 Å². The van der Waals surface area contributed by atoms with Crippen LogP contribution in [0.4, 0.5) is 11.4 Å². The highest BCUT2D eigenvalue weighted by molar-refractivity contribution is 5.67. The van der Waals surface area contributed by atoms with E-state index in [0.29, 0.717) is 4.65 Å². The molecule has 0 saturated heterocycles. The fourth-order valence-corrected chi connectivity index (χ4v) is 1.24. The smallest absolute Gasteiger partial charge is 0.192 e. The SMILES string of the molecule is C[N+]1(C)ONc2ccccc21. The van der Waals surface area contributed by atoms with Crippen molar-refractivity contribution in [1.29, 1.82) is 0 Å². The molecule has 1 heterocycles. The van der Waals surface area contributed by atoms with Crippen molar-refractivity contribution >= 4 is 11.4 Å². The summed E-state index contributed by atoms with van der Waals surface area (Å²) in [6.07, 6.45) is 0. The number of fused-ring (bicyclic) bond motifs is 1. The van der Waals surface area contributed by atoms with Crippen molar-refractivity contribution < 1.29 is 4.94 Å². The molecule has 0 radical (unpaired) electrons. The summed E-state index contributed by atoms with van der Waals surface area (Å²) in [5.41, 5.74) is 5.08. The van der Waals surface area contributed by atoms with E-state index >= 15 is 0 Å². The standard InChI is InChI=1S/C8H11N2O/c1-10(2)8-6-4-3-5-7(8)9-11-10/h3-6,9H,1-2H3/q+1. The van der Waals surface area contributed by atoms with Crippen LogP contribution in [0.5, 0.6) is 0 Å². The van der Waals surface area contributed by atoms with Gasteiger partial charge in [-0.25, -0.2) is 5.48 Å². The summed E-state index contributed by atoms with van der Waals surface area (Å²) in [5, 5.41) is 0. The van der Waals surface area contributed by atoms with Gasteiger partial charge in [-0.3, -0.25) is 0 Å². The molecule has 1 aliphatic rings. The van der Waals surface area contributed by atoms with Crippen LogP contribution in [0.1, 0.15) is 0 Å². The van der Waals surface area contributed by atoms with Crippen LogP contribution in [-0.4, -0.2) is 14.1 Å². The predicted octanol–water partition coefficient (Wildman–Crippen LogP) is 1.53. The second-order valence-corrected chi connectivity index (χ2v) is 3.06. The Labute approximate surface area is 65.7 Å². The molecule has 1 N–H and O–H groups in total. The number of hydrogen-bond donors (Lipinski definition) is 1. The molecule has 1 aromatic carbocycles. The summed E-state index contributed by atoms with van der Waals surface area (Å²) in [5.74, 6) is 0. The number of rotatable bonds is 0. The second-order valence-electron chi connectivity index (χ2n) is 3.06. The van der Waals surface area contributed by atoms with Crippen LogP contribution in [0.3, 0.4) is 0 Å². The molecule has 1 aromatic rings. The molecule has 2 rings (SSSR count). The Bertz CT molecular complexity index is 283. The van der Waals surface area contributed by atoms with Crippen LogP contribution in [0.2, 0.25) is 0 Å². The van der Waals surface area contributed by atoms with Gasteiger partial charge in [-0.15, -0.1) is 4.65 Å². The van der Waals surface area contributed by atoms with Gasteiger partial charge in [0, 0.05) is 6.07 Å². The van der Waals surface area contributed by atoms with Crippen molar-refractivity contribution in [2.45, 2.75) is 0 Å². The Balaban J connectivity index is 2.56. The van der Waals surface area contributed by atoms with Gasteiger partial charge < -0.3 is 0 Å². The van der Waals surface area contributed by atoms with E-state index in [9.17, 15) is 0 Å². The first kappa shape index (κ1) is 6.64. The van der Waals surface area contributed by atoms with E-state index in [4.69, 9.17) is 4.94 Å². The molecule has 58 valence electrons. The molecule has 0 atom stereocenters. The van der Waals surface area contributed by atoms with E-state index in [1.54, 1.807) is 0 Å². The average Bonchev–Trinajstić information content (AvgIpc) is 2.29. The molecule has 3 nitrogen and oxygen atoms in total. The van der Waals surface area contributed by atoms with Gasteiger partial charge in [0.05, 0.1) is 0 Å². The van der Waals surface area contributed by atoms with E-state index in [1.165, 1.54) is 0 Å². The molecule has 0 amide bonds. The Hall–Kier alpha value is -1.06. The molecule has 0 unspecified atom stereocenters. The fraction of sp³-hybridized carbons (Fsp3) is 0.250. The monoisotopic (exact) mass is 151 g/mol. The number of hydroxylamine groups is 2. The van der Waals surface area contributed by atoms with Gasteiger partial charge in [-0.1, -0.05) is 17.1 Å². The highest BCUT2D eigenvalue weighted by Gasteiger charge is 2.31. The summed E-state index contributed by atoms with van der Waals surface area (Å²) in [6, 6.07) is 8.05. The maximum Gasteiger partial charge on any atom is 0.192 e. The van der Waals surface area contributed by atoms with Gasteiger partial charge in [-0.05, 0) is 6.07 Å². The summed E-state index contributed by atoms with van der Waals surface area (Å²) in [7, 11) is 3.97. The Morgan fingerprint density at radius 1 is 1.27 bits per heavy atom. The molecule has 11 heavy (non-hydrogen) atoms. The molecule has 0 bridgehead atoms. The minimum Gasteiger partial charge on any atom is -0.208 e. The van der Waals surface area contributed by atoms with Crippen molar-refractivity contribution in [1.82, 2.24) is 4.65 Å². The zero-order valence-corrected chi connectivity index (χ0v) is 6.66. The molecule has 3 heteroatoms. The topological polar surface area (TPSA) is 21.3 Å². The zero-order chi connectivity index (χ0) is 7.90. The van der Waals surface area contributed by atoms with Crippen LogP contribution in [0, 0.1) is 0 Å². The van der Waals surface area contributed by atoms with Crippen molar-refractivity contribution in [3.05, 3.63) is 24.3 Å². The summed E-state index contributed by atoms with van der Waals surface area (Å²) < 4.78 is 0.441.